The maximum Gasteiger partial charge on any atom is 0.106 e. The third-order valence-corrected chi connectivity index (χ3v) is 4.95. The largest absolute Gasteiger partial charge is 0.247 e. The molecule has 0 spiro atoms. The van der Waals surface area contributed by atoms with E-state index in [-0.39, 0.29) is 12.3 Å². The van der Waals surface area contributed by atoms with Crippen molar-refractivity contribution in [2.45, 2.75) is 77.1 Å². The van der Waals surface area contributed by atoms with Gasteiger partial charge in [0, 0.05) is 6.42 Å². The summed E-state index contributed by atoms with van der Waals surface area (Å²) < 4.78 is 27.0. The fourth-order valence-corrected chi connectivity index (χ4v) is 3.94. The predicted molar refractivity (Wildman–Crippen MR) is 67.5 cm³/mol. The molecule has 0 aromatic carbocycles. The first-order chi connectivity index (χ1) is 8.20. The quantitative estimate of drug-likeness (QED) is 0.650. The van der Waals surface area contributed by atoms with Crippen LogP contribution in [-0.4, -0.2) is 12.3 Å². The highest BCUT2D eigenvalue weighted by Gasteiger charge is 2.37. The first kappa shape index (κ1) is 13.3. The van der Waals surface area contributed by atoms with Crippen LogP contribution in [0.2, 0.25) is 0 Å². The smallest absolute Gasteiger partial charge is 0.106 e. The normalized spacial score (nSPS) is 43.6. The first-order valence-corrected chi connectivity index (χ1v) is 7.48. The van der Waals surface area contributed by atoms with Crippen LogP contribution < -0.4 is 0 Å². The Kier molecular flexibility index (Phi) is 4.81. The summed E-state index contributed by atoms with van der Waals surface area (Å²) in [6.45, 7) is 2.24. The van der Waals surface area contributed by atoms with Crippen LogP contribution in [0.15, 0.2) is 0 Å². The molecule has 3 atom stereocenters. The molecule has 2 fully saturated rings. The lowest BCUT2D eigenvalue weighted by Gasteiger charge is -2.38. The van der Waals surface area contributed by atoms with Gasteiger partial charge in [0.1, 0.15) is 12.3 Å². The van der Waals surface area contributed by atoms with Crippen LogP contribution in [0.4, 0.5) is 8.78 Å². The molecule has 2 aliphatic rings. The van der Waals surface area contributed by atoms with Crippen molar-refractivity contribution in [1.29, 1.82) is 0 Å². The summed E-state index contributed by atoms with van der Waals surface area (Å²) in [6, 6.07) is 0. The molecule has 3 unspecified atom stereocenters. The predicted octanol–water partition coefficient (Wildman–Crippen LogP) is 5.07. The van der Waals surface area contributed by atoms with Crippen LogP contribution in [0, 0.1) is 17.8 Å². The van der Waals surface area contributed by atoms with Crippen molar-refractivity contribution < 1.29 is 8.78 Å². The zero-order valence-electron chi connectivity index (χ0n) is 11.0. The van der Waals surface area contributed by atoms with Crippen LogP contribution in [0.1, 0.15) is 64.7 Å². The molecule has 0 amide bonds. The van der Waals surface area contributed by atoms with Crippen LogP contribution >= 0.6 is 0 Å². The van der Waals surface area contributed by atoms with E-state index in [0.717, 1.165) is 12.3 Å². The van der Waals surface area contributed by atoms with E-state index >= 15 is 0 Å². The summed E-state index contributed by atoms with van der Waals surface area (Å²) in [7, 11) is 0. The fourth-order valence-electron chi connectivity index (χ4n) is 3.94. The van der Waals surface area contributed by atoms with E-state index in [2.05, 4.69) is 6.92 Å². The lowest BCUT2D eigenvalue weighted by molar-refractivity contribution is 0.0463. The average molecular weight is 244 g/mol. The van der Waals surface area contributed by atoms with E-state index in [9.17, 15) is 8.78 Å². The molecule has 0 saturated heterocycles. The molecule has 0 N–H and O–H groups in total. The Morgan fingerprint density at radius 3 is 2.24 bits per heavy atom. The molecule has 17 heavy (non-hydrogen) atoms. The van der Waals surface area contributed by atoms with Gasteiger partial charge in [0.15, 0.2) is 0 Å². The van der Waals surface area contributed by atoms with Crippen LogP contribution in [0.3, 0.4) is 0 Å². The van der Waals surface area contributed by atoms with E-state index in [1.165, 1.54) is 38.5 Å². The summed E-state index contributed by atoms with van der Waals surface area (Å²) in [5.41, 5.74) is 0. The van der Waals surface area contributed by atoms with Gasteiger partial charge in [-0.2, -0.15) is 0 Å². The van der Waals surface area contributed by atoms with Gasteiger partial charge >= 0.3 is 0 Å². The lowest BCUT2D eigenvalue weighted by atomic mass is 9.69. The van der Waals surface area contributed by atoms with Crippen molar-refractivity contribution in [2.24, 2.45) is 17.8 Å². The average Bonchev–Trinajstić information content (AvgIpc) is 2.31. The van der Waals surface area contributed by atoms with Gasteiger partial charge in [-0.3, -0.25) is 0 Å². The molecular formula is C15H26F2. The monoisotopic (exact) mass is 244 g/mol. The van der Waals surface area contributed by atoms with Gasteiger partial charge in [-0.15, -0.1) is 0 Å². The highest BCUT2D eigenvalue weighted by molar-refractivity contribution is 4.87. The standard InChI is InChI=1S/C15H26F2/c1-2-3-11-4-6-12(7-5-11)14-9-8-13(16)10-15(14)17/h11-15H,2-10H2,1H3. The van der Waals surface area contributed by atoms with Crippen LogP contribution in [-0.2, 0) is 0 Å². The molecule has 0 bridgehead atoms. The van der Waals surface area contributed by atoms with Crippen LogP contribution in [0.5, 0.6) is 0 Å². The van der Waals surface area contributed by atoms with Gasteiger partial charge in [0.25, 0.3) is 0 Å². The molecule has 0 radical (unpaired) electrons. The topological polar surface area (TPSA) is 0 Å². The second kappa shape index (κ2) is 6.15. The van der Waals surface area contributed by atoms with E-state index in [1.807, 2.05) is 0 Å². The van der Waals surface area contributed by atoms with Crippen molar-refractivity contribution in [3.63, 3.8) is 0 Å². The number of rotatable bonds is 3. The molecule has 0 aromatic heterocycles. The molecule has 0 heterocycles. The van der Waals surface area contributed by atoms with Gasteiger partial charge in [-0.1, -0.05) is 32.6 Å². The second-order valence-corrected chi connectivity index (χ2v) is 6.16. The minimum Gasteiger partial charge on any atom is -0.247 e. The summed E-state index contributed by atoms with van der Waals surface area (Å²) in [5.74, 6) is 1.60. The van der Waals surface area contributed by atoms with Crippen molar-refractivity contribution in [3.8, 4) is 0 Å². The molecule has 2 rings (SSSR count). The minimum absolute atomic E-state index is 0.166. The van der Waals surface area contributed by atoms with Gasteiger partial charge in [0.05, 0.1) is 0 Å². The van der Waals surface area contributed by atoms with Crippen molar-refractivity contribution >= 4 is 0 Å². The summed E-state index contributed by atoms with van der Waals surface area (Å²) in [4.78, 5) is 0. The molecule has 0 aliphatic heterocycles. The van der Waals surface area contributed by atoms with E-state index in [0.29, 0.717) is 12.3 Å². The molecule has 2 aliphatic carbocycles. The van der Waals surface area contributed by atoms with Crippen molar-refractivity contribution in [2.75, 3.05) is 0 Å². The zero-order valence-corrected chi connectivity index (χ0v) is 11.0. The Labute approximate surface area is 104 Å². The molecule has 2 heteroatoms. The minimum atomic E-state index is -0.877. The van der Waals surface area contributed by atoms with Gasteiger partial charge in [0.2, 0.25) is 0 Å². The third-order valence-electron chi connectivity index (χ3n) is 4.95. The third kappa shape index (κ3) is 3.42. The van der Waals surface area contributed by atoms with Gasteiger partial charge in [-0.05, 0) is 43.4 Å². The molecule has 100 valence electrons. The number of hydrogen-bond donors (Lipinski definition) is 0. The summed E-state index contributed by atoms with van der Waals surface area (Å²) >= 11 is 0. The number of halogens is 2. The second-order valence-electron chi connectivity index (χ2n) is 6.16. The number of hydrogen-bond acceptors (Lipinski definition) is 0. The fraction of sp³-hybridized carbons (Fsp3) is 1.00. The van der Waals surface area contributed by atoms with E-state index < -0.39 is 12.3 Å². The Balaban J connectivity index is 1.80. The highest BCUT2D eigenvalue weighted by Crippen LogP contribution is 2.42. The Morgan fingerprint density at radius 2 is 1.65 bits per heavy atom. The summed E-state index contributed by atoms with van der Waals surface area (Å²) in [6.07, 6.45) is 7.34. The van der Waals surface area contributed by atoms with E-state index in [1.54, 1.807) is 0 Å². The van der Waals surface area contributed by atoms with Crippen molar-refractivity contribution in [3.05, 3.63) is 0 Å². The Bertz CT molecular complexity index is 221. The highest BCUT2D eigenvalue weighted by atomic mass is 19.1. The van der Waals surface area contributed by atoms with Gasteiger partial charge < -0.3 is 0 Å². The van der Waals surface area contributed by atoms with Gasteiger partial charge in [-0.25, -0.2) is 8.78 Å². The number of alkyl halides is 2. The Morgan fingerprint density at radius 1 is 0.941 bits per heavy atom. The van der Waals surface area contributed by atoms with E-state index in [4.69, 9.17) is 0 Å². The molecule has 0 nitrogen and oxygen atoms in total. The molecule has 2 saturated carbocycles. The lowest BCUT2D eigenvalue weighted by Crippen LogP contribution is -2.34. The Hall–Kier alpha value is -0.140. The molecule has 0 aromatic rings. The zero-order chi connectivity index (χ0) is 12.3. The maximum absolute atomic E-state index is 13.9. The summed E-state index contributed by atoms with van der Waals surface area (Å²) in [5, 5.41) is 0. The first-order valence-electron chi connectivity index (χ1n) is 7.48. The SMILES string of the molecule is CCCC1CCC(C2CCC(F)CC2F)CC1. The van der Waals surface area contributed by atoms with Crippen LogP contribution in [0.25, 0.3) is 0 Å². The maximum atomic E-state index is 13.9. The van der Waals surface area contributed by atoms with Crippen molar-refractivity contribution in [1.82, 2.24) is 0 Å². The molecular weight excluding hydrogens is 218 g/mol.